The van der Waals surface area contributed by atoms with Crippen molar-refractivity contribution in [2.45, 2.75) is 65.1 Å². The number of hydrogen-bond acceptors (Lipinski definition) is 4. The predicted molar refractivity (Wildman–Crippen MR) is 133 cm³/mol. The van der Waals surface area contributed by atoms with Crippen molar-refractivity contribution in [2.24, 2.45) is 10.9 Å². The van der Waals surface area contributed by atoms with Crippen LogP contribution in [0.5, 0.6) is 0 Å². The Morgan fingerprint density at radius 2 is 2.03 bits per heavy atom. The number of rotatable bonds is 7. The van der Waals surface area contributed by atoms with Gasteiger partial charge in [-0.25, -0.2) is 9.98 Å². The van der Waals surface area contributed by atoms with E-state index in [4.69, 9.17) is 9.98 Å². The maximum absolute atomic E-state index is 12.5. The van der Waals surface area contributed by atoms with Crippen LogP contribution in [0.4, 0.5) is 5.82 Å². The Hall–Kier alpha value is -2.83. The molecule has 3 rings (SSSR count). The van der Waals surface area contributed by atoms with Crippen LogP contribution in [-0.2, 0) is 11.3 Å². The summed E-state index contributed by atoms with van der Waals surface area (Å²) in [5, 5.41) is 11.2. The number of nitrogens with one attached hydrogen (secondary N) is 3. The third-order valence-electron chi connectivity index (χ3n) is 5.82. The van der Waals surface area contributed by atoms with Gasteiger partial charge in [0.2, 0.25) is 5.91 Å². The van der Waals surface area contributed by atoms with Crippen LogP contribution in [0.25, 0.3) is 10.9 Å². The van der Waals surface area contributed by atoms with Crippen LogP contribution < -0.4 is 20.9 Å². The average Bonchev–Trinajstić information content (AvgIpc) is 2.77. The smallest absolute Gasteiger partial charge is 0.223 e. The van der Waals surface area contributed by atoms with Crippen molar-refractivity contribution >= 4 is 28.6 Å². The lowest BCUT2D eigenvalue weighted by Gasteiger charge is -2.30. The van der Waals surface area contributed by atoms with Crippen molar-refractivity contribution in [3.63, 3.8) is 0 Å². The highest BCUT2D eigenvalue weighted by Gasteiger charge is 2.28. The van der Waals surface area contributed by atoms with E-state index < -0.39 is 0 Å². The molecule has 3 N–H and O–H groups in total. The Balaban J connectivity index is 1.75. The molecule has 174 valence electrons. The Kier molecular flexibility index (Phi) is 8.31. The highest BCUT2D eigenvalue weighted by Crippen LogP contribution is 2.25. The molecule has 2 unspecified atom stereocenters. The van der Waals surface area contributed by atoms with Gasteiger partial charge in [0, 0.05) is 44.0 Å². The summed E-state index contributed by atoms with van der Waals surface area (Å²) in [6.45, 7) is 7.44. The van der Waals surface area contributed by atoms with Gasteiger partial charge in [-0.3, -0.25) is 4.79 Å². The number of amides is 1. The fraction of sp³-hybridized carbons (Fsp3) is 0.560. The van der Waals surface area contributed by atoms with Crippen LogP contribution in [0.15, 0.2) is 35.3 Å². The summed E-state index contributed by atoms with van der Waals surface area (Å²) >= 11 is 0. The number of carbonyl (C=O) groups is 1. The molecule has 2 aromatic rings. The first-order valence-electron chi connectivity index (χ1n) is 11.8. The van der Waals surface area contributed by atoms with Crippen LogP contribution in [0.2, 0.25) is 0 Å². The standard InChI is InChI=1S/C25H38N6O/c1-6-26-25(29-20-11-9-10-18(14-20)24(32)28-17(2)3)27-16-19-15-23(31(4)5)30-22-13-8-7-12-21(19)22/h7-8,12-13,15,17-18,20H,6,9-11,14,16H2,1-5H3,(H,28,32)(H2,26,27,29). The van der Waals surface area contributed by atoms with E-state index >= 15 is 0 Å². The highest BCUT2D eigenvalue weighted by atomic mass is 16.1. The third-order valence-corrected chi connectivity index (χ3v) is 5.82. The van der Waals surface area contributed by atoms with Gasteiger partial charge in [0.25, 0.3) is 0 Å². The Morgan fingerprint density at radius 3 is 2.75 bits per heavy atom. The fourth-order valence-corrected chi connectivity index (χ4v) is 4.23. The molecule has 1 fully saturated rings. The zero-order valence-electron chi connectivity index (χ0n) is 20.1. The zero-order chi connectivity index (χ0) is 23.1. The van der Waals surface area contributed by atoms with E-state index in [2.05, 4.69) is 35.0 Å². The minimum Gasteiger partial charge on any atom is -0.363 e. The molecular weight excluding hydrogens is 400 g/mol. The van der Waals surface area contributed by atoms with Gasteiger partial charge in [0.1, 0.15) is 5.82 Å². The molecule has 32 heavy (non-hydrogen) atoms. The molecule has 0 radical (unpaired) electrons. The molecule has 1 aliphatic rings. The zero-order valence-corrected chi connectivity index (χ0v) is 20.1. The molecular formula is C25H38N6O. The lowest BCUT2D eigenvalue weighted by atomic mass is 9.85. The normalized spacial score (nSPS) is 19.1. The first-order valence-corrected chi connectivity index (χ1v) is 11.8. The number of guanidine groups is 1. The minimum absolute atomic E-state index is 0.0679. The number of aliphatic imine (C=N–C) groups is 1. The lowest BCUT2D eigenvalue weighted by Crippen LogP contribution is -2.47. The van der Waals surface area contributed by atoms with E-state index in [-0.39, 0.29) is 23.9 Å². The Labute approximate surface area is 192 Å². The van der Waals surface area contributed by atoms with Crippen LogP contribution >= 0.6 is 0 Å². The van der Waals surface area contributed by atoms with Crippen molar-refractivity contribution in [3.05, 3.63) is 35.9 Å². The molecule has 1 aliphatic carbocycles. The Bertz CT molecular complexity index is 939. The predicted octanol–water partition coefficient (Wildman–Crippen LogP) is 3.44. The van der Waals surface area contributed by atoms with E-state index in [1.807, 2.05) is 51.0 Å². The molecule has 1 aromatic carbocycles. The summed E-state index contributed by atoms with van der Waals surface area (Å²) in [6.07, 6.45) is 3.90. The van der Waals surface area contributed by atoms with Crippen molar-refractivity contribution in [1.82, 2.24) is 20.9 Å². The first-order chi connectivity index (χ1) is 15.4. The number of hydrogen-bond donors (Lipinski definition) is 3. The summed E-state index contributed by atoms with van der Waals surface area (Å²) in [4.78, 5) is 24.2. The van der Waals surface area contributed by atoms with Crippen LogP contribution in [-0.4, -0.2) is 49.6 Å². The molecule has 7 heteroatoms. The minimum atomic E-state index is 0.0679. The molecule has 1 aromatic heterocycles. The van der Waals surface area contributed by atoms with Crippen LogP contribution in [0.1, 0.15) is 52.0 Å². The maximum Gasteiger partial charge on any atom is 0.223 e. The van der Waals surface area contributed by atoms with Crippen LogP contribution in [0, 0.1) is 5.92 Å². The van der Waals surface area contributed by atoms with E-state index in [9.17, 15) is 4.79 Å². The number of anilines is 1. The number of para-hydroxylation sites is 1. The number of aromatic nitrogens is 1. The Morgan fingerprint density at radius 1 is 1.25 bits per heavy atom. The summed E-state index contributed by atoms with van der Waals surface area (Å²) in [7, 11) is 4.01. The van der Waals surface area contributed by atoms with E-state index in [0.717, 1.165) is 60.5 Å². The largest absolute Gasteiger partial charge is 0.363 e. The number of benzene rings is 1. The van der Waals surface area contributed by atoms with Gasteiger partial charge in [0.15, 0.2) is 5.96 Å². The fourth-order valence-electron chi connectivity index (χ4n) is 4.23. The molecule has 0 saturated heterocycles. The second-order valence-corrected chi connectivity index (χ2v) is 9.11. The van der Waals surface area contributed by atoms with Gasteiger partial charge in [-0.2, -0.15) is 0 Å². The second kappa shape index (κ2) is 11.2. The quantitative estimate of drug-likeness (QED) is 0.456. The molecule has 7 nitrogen and oxygen atoms in total. The second-order valence-electron chi connectivity index (χ2n) is 9.11. The van der Waals surface area contributed by atoms with E-state index in [1.54, 1.807) is 0 Å². The molecule has 0 aliphatic heterocycles. The molecule has 0 spiro atoms. The summed E-state index contributed by atoms with van der Waals surface area (Å²) < 4.78 is 0. The van der Waals surface area contributed by atoms with E-state index in [0.29, 0.717) is 6.54 Å². The molecule has 1 amide bonds. The molecule has 1 heterocycles. The maximum atomic E-state index is 12.5. The van der Waals surface area contributed by atoms with Gasteiger partial charge in [-0.05, 0) is 57.7 Å². The number of nitrogens with zero attached hydrogens (tertiary/aromatic N) is 3. The number of fused-ring (bicyclic) bond motifs is 1. The van der Waals surface area contributed by atoms with Gasteiger partial charge in [-0.1, -0.05) is 24.6 Å². The monoisotopic (exact) mass is 438 g/mol. The highest BCUT2D eigenvalue weighted by molar-refractivity contribution is 5.85. The molecule has 0 bridgehead atoms. The summed E-state index contributed by atoms with van der Waals surface area (Å²) in [6, 6.07) is 10.7. The van der Waals surface area contributed by atoms with Crippen molar-refractivity contribution in [1.29, 1.82) is 0 Å². The lowest BCUT2D eigenvalue weighted by molar-refractivity contribution is -0.126. The van der Waals surface area contributed by atoms with Crippen molar-refractivity contribution in [2.75, 3.05) is 25.5 Å². The summed E-state index contributed by atoms with van der Waals surface area (Å²) in [5.74, 6) is 1.97. The van der Waals surface area contributed by atoms with Crippen LogP contribution in [0.3, 0.4) is 0 Å². The SMILES string of the molecule is CCNC(=NCc1cc(N(C)C)nc2ccccc12)NC1CCCC(C(=O)NC(C)C)C1. The van der Waals surface area contributed by atoms with Crippen molar-refractivity contribution < 1.29 is 4.79 Å². The average molecular weight is 439 g/mol. The van der Waals surface area contributed by atoms with Gasteiger partial charge < -0.3 is 20.9 Å². The first kappa shape index (κ1) is 23.8. The summed E-state index contributed by atoms with van der Waals surface area (Å²) in [5.41, 5.74) is 2.13. The molecule has 1 saturated carbocycles. The van der Waals surface area contributed by atoms with Crippen molar-refractivity contribution in [3.8, 4) is 0 Å². The number of carbonyl (C=O) groups excluding carboxylic acids is 1. The third kappa shape index (κ3) is 6.34. The van der Waals surface area contributed by atoms with Gasteiger partial charge in [-0.15, -0.1) is 0 Å². The topological polar surface area (TPSA) is 81.7 Å². The van der Waals surface area contributed by atoms with Gasteiger partial charge in [0.05, 0.1) is 12.1 Å². The molecule has 2 atom stereocenters. The van der Waals surface area contributed by atoms with Gasteiger partial charge >= 0.3 is 0 Å². The van der Waals surface area contributed by atoms with E-state index in [1.165, 1.54) is 0 Å². The number of pyridine rings is 1.